The first-order chi connectivity index (χ1) is 18.8. The number of halogens is 3. The van der Waals surface area contributed by atoms with Gasteiger partial charge >= 0.3 is 6.18 Å². The maximum Gasteiger partial charge on any atom is 0.405 e. The zero-order valence-electron chi connectivity index (χ0n) is 21.6. The average Bonchev–Trinajstić information content (AvgIpc) is 3.57. The highest BCUT2D eigenvalue weighted by molar-refractivity contribution is 6.00. The topological polar surface area (TPSA) is 74.6 Å². The Balaban J connectivity index is 1.22. The lowest BCUT2D eigenvalue weighted by atomic mass is 9.73. The van der Waals surface area contributed by atoms with Gasteiger partial charge in [0, 0.05) is 19.1 Å². The van der Waals surface area contributed by atoms with Crippen LogP contribution in [0.5, 0.6) is 0 Å². The minimum Gasteiger partial charge on any atom is -0.472 e. The van der Waals surface area contributed by atoms with Gasteiger partial charge in [-0.1, -0.05) is 55.0 Å². The molecule has 0 spiro atoms. The van der Waals surface area contributed by atoms with Crippen LogP contribution in [0.15, 0.2) is 71.5 Å². The first kappa shape index (κ1) is 27.0. The fourth-order valence-corrected chi connectivity index (χ4v) is 5.97. The van der Waals surface area contributed by atoms with Crippen LogP contribution >= 0.6 is 0 Å². The van der Waals surface area contributed by atoms with Crippen molar-refractivity contribution in [1.29, 1.82) is 0 Å². The van der Waals surface area contributed by atoms with E-state index in [2.05, 4.69) is 15.5 Å². The van der Waals surface area contributed by atoms with Crippen molar-refractivity contribution in [2.24, 2.45) is 0 Å². The molecule has 1 fully saturated rings. The van der Waals surface area contributed by atoms with E-state index in [1.165, 1.54) is 12.5 Å². The highest BCUT2D eigenvalue weighted by atomic mass is 19.4. The number of likely N-dealkylation sites (tertiary alicyclic amines) is 1. The van der Waals surface area contributed by atoms with Crippen LogP contribution in [0, 0.1) is 0 Å². The van der Waals surface area contributed by atoms with E-state index >= 15 is 0 Å². The molecule has 0 bridgehead atoms. The number of unbranched alkanes of at least 4 members (excludes halogenated alkanes) is 1. The normalized spacial score (nSPS) is 16.9. The predicted octanol–water partition coefficient (Wildman–Crippen LogP) is 5.29. The van der Waals surface area contributed by atoms with Gasteiger partial charge in [-0.2, -0.15) is 13.2 Å². The third kappa shape index (κ3) is 5.73. The van der Waals surface area contributed by atoms with Crippen LogP contribution in [-0.4, -0.2) is 55.1 Å². The second-order valence-electron chi connectivity index (χ2n) is 10.4. The van der Waals surface area contributed by atoms with Gasteiger partial charge in [0.25, 0.3) is 5.91 Å². The van der Waals surface area contributed by atoms with E-state index in [-0.39, 0.29) is 11.9 Å². The molecule has 1 aromatic heterocycles. The Morgan fingerprint density at radius 2 is 1.59 bits per heavy atom. The first-order valence-corrected chi connectivity index (χ1v) is 13.4. The molecule has 5 rings (SSSR count). The number of carbonyl (C=O) groups excluding carboxylic acids is 2. The number of alkyl halides is 3. The molecule has 1 saturated heterocycles. The van der Waals surface area contributed by atoms with Crippen LogP contribution in [-0.2, 0) is 10.2 Å². The van der Waals surface area contributed by atoms with Gasteiger partial charge in [-0.05, 0) is 60.5 Å². The number of rotatable bonds is 9. The number of nitrogens with zero attached hydrogens (tertiary/aromatic N) is 1. The monoisotopic (exact) mass is 539 g/mol. The lowest BCUT2D eigenvalue weighted by Crippen LogP contribution is -2.47. The molecule has 2 amide bonds. The molecule has 3 aromatic rings. The second kappa shape index (κ2) is 11.3. The van der Waals surface area contributed by atoms with Crippen molar-refractivity contribution < 1.29 is 27.2 Å². The summed E-state index contributed by atoms with van der Waals surface area (Å²) in [5, 5.41) is 5.25. The van der Waals surface area contributed by atoms with E-state index in [9.17, 15) is 22.8 Å². The van der Waals surface area contributed by atoms with E-state index in [4.69, 9.17) is 4.42 Å². The number of nitrogens with one attached hydrogen (secondary N) is 2. The Morgan fingerprint density at radius 3 is 2.18 bits per heavy atom. The number of fused-ring (bicyclic) bond motifs is 3. The van der Waals surface area contributed by atoms with Crippen molar-refractivity contribution in [2.45, 2.75) is 49.7 Å². The highest BCUT2D eigenvalue weighted by Gasteiger charge is 2.49. The van der Waals surface area contributed by atoms with Crippen molar-refractivity contribution >= 4 is 11.8 Å². The molecule has 6 nitrogen and oxygen atoms in total. The Morgan fingerprint density at radius 1 is 0.949 bits per heavy atom. The Hall–Kier alpha value is -3.59. The fourth-order valence-electron chi connectivity index (χ4n) is 5.97. The minimum atomic E-state index is -4.49. The lowest BCUT2D eigenvalue weighted by Gasteiger charge is -2.33. The number of amides is 2. The molecule has 2 heterocycles. The Bertz CT molecular complexity index is 1250. The highest BCUT2D eigenvalue weighted by Crippen LogP contribution is 2.51. The molecular formula is C30H32F3N3O3. The summed E-state index contributed by atoms with van der Waals surface area (Å²) < 4.78 is 44.1. The first-order valence-electron chi connectivity index (χ1n) is 13.4. The van der Waals surface area contributed by atoms with Crippen molar-refractivity contribution in [3.63, 3.8) is 0 Å². The molecule has 1 aliphatic carbocycles. The summed E-state index contributed by atoms with van der Waals surface area (Å²) in [6.07, 6.45) is 2.01. The third-order valence-electron chi connectivity index (χ3n) is 7.88. The summed E-state index contributed by atoms with van der Waals surface area (Å²) in [6.45, 7) is 1.16. The summed E-state index contributed by atoms with van der Waals surface area (Å²) in [5.41, 5.74) is 2.67. The van der Waals surface area contributed by atoms with E-state index in [0.717, 1.165) is 61.2 Å². The van der Waals surface area contributed by atoms with Gasteiger partial charge in [0.2, 0.25) is 5.91 Å². The summed E-state index contributed by atoms with van der Waals surface area (Å²) in [7, 11) is 0. The molecule has 2 aliphatic rings. The maximum atomic E-state index is 13.6. The molecule has 9 heteroatoms. The lowest BCUT2D eigenvalue weighted by molar-refractivity contribution is -0.141. The Kier molecular flexibility index (Phi) is 7.79. The number of hydrogen-bond donors (Lipinski definition) is 2. The quantitative estimate of drug-likeness (QED) is 0.363. The second-order valence-corrected chi connectivity index (χ2v) is 10.4. The van der Waals surface area contributed by atoms with Gasteiger partial charge in [0.1, 0.15) is 18.2 Å². The molecule has 39 heavy (non-hydrogen) atoms. The third-order valence-corrected chi connectivity index (χ3v) is 7.88. The van der Waals surface area contributed by atoms with Crippen LogP contribution < -0.4 is 10.6 Å². The molecule has 206 valence electrons. The van der Waals surface area contributed by atoms with Crippen LogP contribution in [0.4, 0.5) is 13.2 Å². The van der Waals surface area contributed by atoms with E-state index in [1.54, 1.807) is 6.07 Å². The molecule has 0 saturated carbocycles. The van der Waals surface area contributed by atoms with Crippen molar-refractivity contribution in [1.82, 2.24) is 15.5 Å². The van der Waals surface area contributed by atoms with Gasteiger partial charge < -0.3 is 20.0 Å². The zero-order valence-corrected chi connectivity index (χ0v) is 21.6. The Labute approximate surface area is 225 Å². The number of carbonyl (C=O) groups is 2. The van der Waals surface area contributed by atoms with Crippen molar-refractivity contribution in [2.75, 3.05) is 26.2 Å². The van der Waals surface area contributed by atoms with Crippen LogP contribution in [0.1, 0.15) is 53.6 Å². The van der Waals surface area contributed by atoms with Crippen LogP contribution in [0.25, 0.3) is 11.1 Å². The van der Waals surface area contributed by atoms with E-state index < -0.39 is 24.0 Å². The molecule has 1 aliphatic heterocycles. The number of furan rings is 1. The molecule has 0 radical (unpaired) electrons. The molecule has 2 aromatic carbocycles. The van der Waals surface area contributed by atoms with Gasteiger partial charge in [-0.25, -0.2) is 0 Å². The fraction of sp³-hybridized carbons (Fsp3) is 0.400. The average molecular weight is 540 g/mol. The maximum absolute atomic E-state index is 13.6. The van der Waals surface area contributed by atoms with Crippen LogP contribution in [0.2, 0.25) is 0 Å². The molecule has 0 unspecified atom stereocenters. The van der Waals surface area contributed by atoms with Gasteiger partial charge in [0.15, 0.2) is 0 Å². The largest absolute Gasteiger partial charge is 0.472 e. The predicted molar refractivity (Wildman–Crippen MR) is 141 cm³/mol. The zero-order chi connectivity index (χ0) is 27.5. The van der Waals surface area contributed by atoms with E-state index in [0.29, 0.717) is 18.4 Å². The van der Waals surface area contributed by atoms with Gasteiger partial charge in [0.05, 0.1) is 11.8 Å². The van der Waals surface area contributed by atoms with E-state index in [1.807, 2.05) is 48.5 Å². The molecule has 2 N–H and O–H groups in total. The SMILES string of the molecule is O=C(NC1CCN(CCCCC2(C(=O)NCC(F)(F)F)c3ccccc3-c3ccccc32)CC1)c1ccoc1. The number of benzene rings is 2. The van der Waals surface area contributed by atoms with Crippen LogP contribution in [0.3, 0.4) is 0 Å². The molecule has 0 atom stereocenters. The van der Waals surface area contributed by atoms with Gasteiger partial charge in [-0.3, -0.25) is 9.59 Å². The molecular weight excluding hydrogens is 507 g/mol. The summed E-state index contributed by atoms with van der Waals surface area (Å²) in [5.74, 6) is -0.736. The van der Waals surface area contributed by atoms with Gasteiger partial charge in [-0.15, -0.1) is 0 Å². The number of hydrogen-bond acceptors (Lipinski definition) is 4. The van der Waals surface area contributed by atoms with Crippen molar-refractivity contribution in [3.8, 4) is 11.1 Å². The smallest absolute Gasteiger partial charge is 0.405 e. The minimum absolute atomic E-state index is 0.107. The standard InChI is InChI=1S/C30H32F3N3O3/c31-30(32,33)20-34-28(38)29(25-9-3-1-7-23(25)24-8-2-4-10-26(24)29)14-5-6-15-36-16-11-22(12-17-36)35-27(37)21-13-18-39-19-21/h1-4,7-10,13,18-19,22H,5-6,11-12,14-17,20H2,(H,34,38)(H,35,37). The number of piperidine rings is 1. The van der Waals surface area contributed by atoms with Crippen molar-refractivity contribution in [3.05, 3.63) is 83.8 Å². The summed E-state index contributed by atoms with van der Waals surface area (Å²) in [6, 6.07) is 16.8. The summed E-state index contributed by atoms with van der Waals surface area (Å²) in [4.78, 5) is 28.2. The summed E-state index contributed by atoms with van der Waals surface area (Å²) >= 11 is 0.